The van der Waals surface area contributed by atoms with E-state index in [1.165, 1.54) is 24.2 Å². The zero-order valence-corrected chi connectivity index (χ0v) is 21.8. The predicted molar refractivity (Wildman–Crippen MR) is 139 cm³/mol. The van der Waals surface area contributed by atoms with Gasteiger partial charge in [0.25, 0.3) is 11.8 Å². The van der Waals surface area contributed by atoms with Gasteiger partial charge in [0.1, 0.15) is 12.1 Å². The van der Waals surface area contributed by atoms with E-state index in [-0.39, 0.29) is 25.8 Å². The van der Waals surface area contributed by atoms with Crippen LogP contribution in [0.1, 0.15) is 36.0 Å². The van der Waals surface area contributed by atoms with Crippen LogP contribution in [0.4, 0.5) is 0 Å². The van der Waals surface area contributed by atoms with Gasteiger partial charge in [0.15, 0.2) is 0 Å². The Morgan fingerprint density at radius 2 is 1.88 bits per heavy atom. The van der Waals surface area contributed by atoms with Crippen LogP contribution in [0.5, 0.6) is 0 Å². The van der Waals surface area contributed by atoms with Crippen LogP contribution in [-0.2, 0) is 28.8 Å². The number of primary amides is 1. The minimum absolute atomic E-state index is 0.209. The maximum atomic E-state index is 12.9. The van der Waals surface area contributed by atoms with Gasteiger partial charge in [-0.2, -0.15) is 0 Å². The quantitative estimate of drug-likeness (QED) is 0.232. The summed E-state index contributed by atoms with van der Waals surface area (Å²) in [6.07, 6.45) is 1.67. The lowest BCUT2D eigenvalue weighted by atomic mass is 10.1. The number of Topliss-reactive ketones (excluding diaryl/α,β-unsaturated/α-hetero) is 1. The van der Waals surface area contributed by atoms with Crippen molar-refractivity contribution in [1.82, 2.24) is 25.4 Å². The molecular formula is C26H30N6O8. The number of carboxylic acids is 1. The van der Waals surface area contributed by atoms with Crippen LogP contribution in [0.25, 0.3) is 10.9 Å². The average Bonchev–Trinajstić information content (AvgIpc) is 3.42. The van der Waals surface area contributed by atoms with E-state index in [9.17, 15) is 38.7 Å². The van der Waals surface area contributed by atoms with Crippen molar-refractivity contribution in [2.45, 2.75) is 37.8 Å². The first-order valence-corrected chi connectivity index (χ1v) is 12.5. The second kappa shape index (κ2) is 13.3. The van der Waals surface area contributed by atoms with Crippen molar-refractivity contribution in [2.24, 2.45) is 5.73 Å². The third kappa shape index (κ3) is 7.36. The van der Waals surface area contributed by atoms with E-state index in [4.69, 9.17) is 5.73 Å². The number of benzene rings is 1. The van der Waals surface area contributed by atoms with Crippen molar-refractivity contribution in [3.8, 4) is 0 Å². The third-order valence-electron chi connectivity index (χ3n) is 6.42. The van der Waals surface area contributed by atoms with Crippen LogP contribution < -0.4 is 16.4 Å². The number of likely N-dealkylation sites (N-methyl/N-ethyl adjacent to an activating group) is 1. The van der Waals surface area contributed by atoms with Gasteiger partial charge in [0, 0.05) is 31.6 Å². The molecule has 1 aliphatic rings. The molecule has 1 fully saturated rings. The molecule has 14 heteroatoms. The molecular weight excluding hydrogens is 524 g/mol. The van der Waals surface area contributed by atoms with E-state index in [2.05, 4.69) is 15.6 Å². The summed E-state index contributed by atoms with van der Waals surface area (Å²) < 4.78 is 0. The molecule has 40 heavy (non-hydrogen) atoms. The normalized spacial score (nSPS) is 15.2. The molecule has 1 unspecified atom stereocenters. The van der Waals surface area contributed by atoms with Gasteiger partial charge in [-0.15, -0.1) is 0 Å². The van der Waals surface area contributed by atoms with Gasteiger partial charge in [-0.05, 0) is 31.4 Å². The van der Waals surface area contributed by atoms with Crippen molar-refractivity contribution in [3.05, 3.63) is 42.1 Å². The van der Waals surface area contributed by atoms with E-state index >= 15 is 0 Å². The largest absolute Gasteiger partial charge is 0.480 e. The molecule has 1 aromatic heterocycles. The maximum absolute atomic E-state index is 12.9. The number of likely N-dealkylation sites (tertiary alicyclic amines) is 1. The lowest BCUT2D eigenvalue weighted by molar-refractivity contribution is -0.149. The van der Waals surface area contributed by atoms with Gasteiger partial charge in [0.05, 0.1) is 24.2 Å². The van der Waals surface area contributed by atoms with Gasteiger partial charge in [-0.3, -0.25) is 33.8 Å². The molecule has 0 bridgehead atoms. The lowest BCUT2D eigenvalue weighted by Gasteiger charge is -2.25. The van der Waals surface area contributed by atoms with Gasteiger partial charge < -0.3 is 31.3 Å². The first-order chi connectivity index (χ1) is 19.0. The van der Waals surface area contributed by atoms with Crippen LogP contribution >= 0.6 is 0 Å². The van der Waals surface area contributed by atoms with Crippen molar-refractivity contribution < 1.29 is 38.7 Å². The number of para-hydroxylation sites is 1. The number of nitrogens with one attached hydrogen (secondary N) is 2. The summed E-state index contributed by atoms with van der Waals surface area (Å²) in [4.78, 5) is 92.1. The number of rotatable bonds is 12. The number of carbonyl (C=O) groups excluding carboxylic acids is 6. The number of hydrogen-bond acceptors (Lipinski definition) is 8. The molecule has 0 radical (unpaired) electrons. The topological polar surface area (TPSA) is 209 Å². The monoisotopic (exact) mass is 554 g/mol. The fraction of sp³-hybridized carbons (Fsp3) is 0.385. The van der Waals surface area contributed by atoms with Gasteiger partial charge in [-0.25, -0.2) is 4.79 Å². The first-order valence-electron chi connectivity index (χ1n) is 12.5. The van der Waals surface area contributed by atoms with Crippen molar-refractivity contribution >= 4 is 52.2 Å². The lowest BCUT2D eigenvalue weighted by Crippen LogP contribution is -2.51. The Morgan fingerprint density at radius 3 is 2.58 bits per heavy atom. The molecule has 1 aliphatic heterocycles. The second-order valence-electron chi connectivity index (χ2n) is 9.29. The average molecular weight is 555 g/mol. The minimum Gasteiger partial charge on any atom is -0.480 e. The fourth-order valence-electron chi connectivity index (χ4n) is 4.39. The Labute approximate surface area is 228 Å². The predicted octanol–water partition coefficient (Wildman–Crippen LogP) is -1.18. The molecule has 2 aromatic rings. The molecule has 5 N–H and O–H groups in total. The van der Waals surface area contributed by atoms with E-state index in [0.717, 1.165) is 4.90 Å². The minimum atomic E-state index is -1.40. The fourth-order valence-corrected chi connectivity index (χ4v) is 4.39. The van der Waals surface area contributed by atoms with Crippen molar-refractivity contribution in [2.75, 3.05) is 26.7 Å². The highest BCUT2D eigenvalue weighted by Crippen LogP contribution is 2.19. The van der Waals surface area contributed by atoms with Crippen LogP contribution in [0.3, 0.4) is 0 Å². The first kappa shape index (κ1) is 29.7. The zero-order valence-electron chi connectivity index (χ0n) is 21.8. The summed E-state index contributed by atoms with van der Waals surface area (Å²) >= 11 is 0. The summed E-state index contributed by atoms with van der Waals surface area (Å²) in [6.45, 7) is -0.809. The third-order valence-corrected chi connectivity index (χ3v) is 6.42. The van der Waals surface area contributed by atoms with Crippen molar-refractivity contribution in [1.29, 1.82) is 0 Å². The number of aliphatic carboxylic acids is 1. The highest BCUT2D eigenvalue weighted by atomic mass is 16.4. The van der Waals surface area contributed by atoms with E-state index in [1.807, 2.05) is 0 Å². The molecule has 0 saturated carbocycles. The smallest absolute Gasteiger partial charge is 0.326 e. The molecule has 1 aromatic carbocycles. The van der Waals surface area contributed by atoms with Crippen molar-refractivity contribution in [3.63, 3.8) is 0 Å². The number of amides is 5. The Balaban J connectivity index is 1.56. The number of pyridine rings is 1. The van der Waals surface area contributed by atoms with Crippen LogP contribution in [0, 0.1) is 0 Å². The summed E-state index contributed by atoms with van der Waals surface area (Å²) in [7, 11) is 1.19. The van der Waals surface area contributed by atoms with Crippen LogP contribution in [-0.4, -0.2) is 99.9 Å². The summed E-state index contributed by atoms with van der Waals surface area (Å²) in [6, 6.07) is 6.11. The SMILES string of the molecule is CN(CC(=O)NC(CCC(N)=O)C(=O)O)C(=O)C(=O)[C@@H]1CCCN1C(=O)CNC(=O)c1ccnc2ccccc12. The number of nitrogens with zero attached hydrogens (tertiary/aromatic N) is 3. The summed E-state index contributed by atoms with van der Waals surface area (Å²) in [5.41, 5.74) is 5.97. The Morgan fingerprint density at radius 1 is 1.15 bits per heavy atom. The molecule has 2 atom stereocenters. The summed E-state index contributed by atoms with van der Waals surface area (Å²) in [5.74, 6) is -5.96. The molecule has 14 nitrogen and oxygen atoms in total. The Bertz CT molecular complexity index is 1340. The standard InChI is InChI=1S/C26H30N6O8/c1-31(14-21(34)30-18(26(39)40)8-9-20(27)33)25(38)23(36)19-7-4-12-32(19)22(35)13-29-24(37)16-10-11-28-17-6-3-2-5-15(16)17/h2-3,5-6,10-11,18-19H,4,7-9,12-14H2,1H3,(H2,27,33)(H,29,37)(H,30,34)(H,39,40)/t18?,19-/m0/s1. The maximum Gasteiger partial charge on any atom is 0.326 e. The van der Waals surface area contributed by atoms with E-state index in [0.29, 0.717) is 22.9 Å². The molecule has 1 saturated heterocycles. The molecule has 0 aliphatic carbocycles. The van der Waals surface area contributed by atoms with E-state index in [1.54, 1.807) is 24.3 Å². The summed E-state index contributed by atoms with van der Waals surface area (Å²) in [5, 5.41) is 14.6. The molecule has 3 rings (SSSR count). The molecule has 212 valence electrons. The van der Waals surface area contributed by atoms with Crippen LogP contribution in [0.2, 0.25) is 0 Å². The Kier molecular flexibility index (Phi) is 9.84. The number of carbonyl (C=O) groups is 7. The number of ketones is 1. The zero-order chi connectivity index (χ0) is 29.4. The number of nitrogens with two attached hydrogens (primary N) is 1. The number of aromatic nitrogens is 1. The van der Waals surface area contributed by atoms with Crippen LogP contribution in [0.15, 0.2) is 36.5 Å². The van der Waals surface area contributed by atoms with E-state index < -0.39 is 66.5 Å². The molecule has 2 heterocycles. The highest BCUT2D eigenvalue weighted by Gasteiger charge is 2.38. The highest BCUT2D eigenvalue weighted by molar-refractivity contribution is 6.38. The molecule has 5 amide bonds. The van der Waals surface area contributed by atoms with Gasteiger partial charge in [0.2, 0.25) is 23.5 Å². The Hall–Kier alpha value is -4.88. The number of hydrogen-bond donors (Lipinski definition) is 4. The second-order valence-corrected chi connectivity index (χ2v) is 9.29. The number of fused-ring (bicyclic) bond motifs is 1. The molecule has 0 spiro atoms. The van der Waals surface area contributed by atoms with Gasteiger partial charge >= 0.3 is 5.97 Å². The number of carboxylic acid groups (broad SMARTS) is 1. The van der Waals surface area contributed by atoms with Gasteiger partial charge in [-0.1, -0.05) is 18.2 Å².